The number of H-pyrrole nitrogens is 1. The normalized spacial score (nSPS) is 12.0. The van der Waals surface area contributed by atoms with Crippen LogP contribution >= 0.6 is 11.8 Å². The van der Waals surface area contributed by atoms with Gasteiger partial charge in [-0.25, -0.2) is 4.98 Å². The van der Waals surface area contributed by atoms with Crippen molar-refractivity contribution in [2.45, 2.75) is 17.1 Å². The molecule has 8 nitrogen and oxygen atoms in total. The van der Waals surface area contributed by atoms with E-state index in [4.69, 9.17) is 0 Å². The van der Waals surface area contributed by atoms with Crippen molar-refractivity contribution in [3.8, 4) is 0 Å². The highest BCUT2D eigenvalue weighted by Gasteiger charge is 2.18. The number of hydrogen-bond acceptors (Lipinski definition) is 5. The average Bonchev–Trinajstić information content (AvgIpc) is 3.40. The van der Waals surface area contributed by atoms with E-state index in [0.717, 1.165) is 21.4 Å². The number of carbonyl (C=O) groups excluding carboxylic acids is 3. The van der Waals surface area contributed by atoms with E-state index in [1.165, 1.54) is 11.8 Å². The molecule has 2 aromatic heterocycles. The van der Waals surface area contributed by atoms with E-state index < -0.39 is 17.1 Å². The number of amides is 3. The lowest BCUT2D eigenvalue weighted by atomic mass is 10.1. The Morgan fingerprint density at radius 3 is 2.46 bits per heavy atom. The maximum atomic E-state index is 13.5. The number of aromatic amines is 1. The van der Waals surface area contributed by atoms with E-state index in [9.17, 15) is 14.4 Å². The van der Waals surface area contributed by atoms with Gasteiger partial charge in [0, 0.05) is 45.0 Å². The number of fused-ring (bicyclic) bond motifs is 1. The predicted molar refractivity (Wildman–Crippen MR) is 163 cm³/mol. The van der Waals surface area contributed by atoms with E-state index >= 15 is 0 Å². The highest BCUT2D eigenvalue weighted by Crippen LogP contribution is 2.27. The van der Waals surface area contributed by atoms with Crippen molar-refractivity contribution in [2.24, 2.45) is 0 Å². The first-order valence-corrected chi connectivity index (χ1v) is 13.8. The van der Waals surface area contributed by atoms with Crippen molar-refractivity contribution in [3.63, 3.8) is 0 Å². The number of benzene rings is 3. The van der Waals surface area contributed by atoms with Crippen LogP contribution in [0.15, 0.2) is 120 Å². The molecule has 41 heavy (non-hydrogen) atoms. The molecular weight excluding hydrogens is 534 g/mol. The van der Waals surface area contributed by atoms with E-state index in [2.05, 4.69) is 25.9 Å². The number of aromatic nitrogens is 2. The molecule has 0 radical (unpaired) electrons. The molecule has 204 valence electrons. The Kier molecular flexibility index (Phi) is 8.56. The summed E-state index contributed by atoms with van der Waals surface area (Å²) in [6.07, 6.45) is 5.06. The second-order valence-electron chi connectivity index (χ2n) is 9.11. The lowest BCUT2D eigenvalue weighted by molar-refractivity contribution is -0.115. The standard InChI is InChI=1S/C32H27N5O3S/c1-21(30(38)37-29-16-7-8-17-33-29)41-25-13-9-12-24(19-25)35-32(40)28(36-31(39)22-10-3-2-4-11-22)18-23-20-34-27-15-6-5-14-26(23)27/h2-21,34H,1H3,(H,35,40)(H,36,39)(H,33,37,38)/b28-18-. The Labute approximate surface area is 241 Å². The number of nitrogens with zero attached hydrogens (tertiary/aromatic N) is 1. The first kappa shape index (κ1) is 27.4. The van der Waals surface area contributed by atoms with Crippen LogP contribution in [0, 0.1) is 0 Å². The summed E-state index contributed by atoms with van der Waals surface area (Å²) in [7, 11) is 0. The molecule has 0 saturated heterocycles. The maximum Gasteiger partial charge on any atom is 0.272 e. The largest absolute Gasteiger partial charge is 0.361 e. The molecule has 0 saturated carbocycles. The summed E-state index contributed by atoms with van der Waals surface area (Å²) in [4.78, 5) is 47.2. The van der Waals surface area contributed by atoms with Gasteiger partial charge in [-0.2, -0.15) is 0 Å². The summed E-state index contributed by atoms with van der Waals surface area (Å²) in [5.41, 5.74) is 2.72. The smallest absolute Gasteiger partial charge is 0.272 e. The summed E-state index contributed by atoms with van der Waals surface area (Å²) in [5, 5.41) is 8.97. The van der Waals surface area contributed by atoms with Crippen LogP contribution in [-0.2, 0) is 9.59 Å². The Morgan fingerprint density at radius 2 is 1.66 bits per heavy atom. The second-order valence-corrected chi connectivity index (χ2v) is 10.5. The number of hydrogen-bond donors (Lipinski definition) is 4. The third-order valence-corrected chi connectivity index (χ3v) is 7.23. The average molecular weight is 562 g/mol. The van der Waals surface area contributed by atoms with Crippen LogP contribution in [0.1, 0.15) is 22.8 Å². The van der Waals surface area contributed by atoms with Crippen LogP contribution in [0.4, 0.5) is 11.5 Å². The lowest BCUT2D eigenvalue weighted by Crippen LogP contribution is -2.30. The van der Waals surface area contributed by atoms with Crippen molar-refractivity contribution in [3.05, 3.63) is 126 Å². The maximum absolute atomic E-state index is 13.5. The molecule has 0 fully saturated rings. The minimum Gasteiger partial charge on any atom is -0.361 e. The van der Waals surface area contributed by atoms with Gasteiger partial charge < -0.3 is 20.9 Å². The Hall–Kier alpha value is -5.15. The SMILES string of the molecule is CC(Sc1cccc(NC(=O)/C(=C/c2c[nH]c3ccccc23)NC(=O)c2ccccc2)c1)C(=O)Nc1ccccn1. The molecule has 1 atom stereocenters. The molecule has 5 rings (SSSR count). The molecule has 0 aliphatic carbocycles. The van der Waals surface area contributed by atoms with Crippen LogP contribution in [0.25, 0.3) is 17.0 Å². The number of pyridine rings is 1. The fourth-order valence-corrected chi connectivity index (χ4v) is 5.01. The summed E-state index contributed by atoms with van der Waals surface area (Å²) in [6, 6.07) is 28.9. The third-order valence-electron chi connectivity index (χ3n) is 6.14. The van der Waals surface area contributed by atoms with Crippen molar-refractivity contribution < 1.29 is 14.4 Å². The molecule has 1 unspecified atom stereocenters. The first-order valence-electron chi connectivity index (χ1n) is 12.9. The molecule has 2 heterocycles. The van der Waals surface area contributed by atoms with Crippen molar-refractivity contribution in [1.29, 1.82) is 0 Å². The summed E-state index contributed by atoms with van der Waals surface area (Å²) in [6.45, 7) is 1.80. The molecule has 0 bridgehead atoms. The Bertz CT molecular complexity index is 1720. The number of anilines is 2. The molecule has 0 aliphatic heterocycles. The third kappa shape index (κ3) is 7.09. The van der Waals surface area contributed by atoms with Crippen LogP contribution in [0.2, 0.25) is 0 Å². The first-order chi connectivity index (χ1) is 20.0. The molecule has 5 aromatic rings. The van der Waals surface area contributed by atoms with Gasteiger partial charge in [-0.15, -0.1) is 11.8 Å². The predicted octanol–water partition coefficient (Wildman–Crippen LogP) is 6.09. The van der Waals surface area contributed by atoms with Crippen LogP contribution in [-0.4, -0.2) is 32.9 Å². The number of nitrogens with one attached hydrogen (secondary N) is 4. The fourth-order valence-electron chi connectivity index (χ4n) is 4.08. The van der Waals surface area contributed by atoms with Crippen LogP contribution in [0.3, 0.4) is 0 Å². The van der Waals surface area contributed by atoms with Gasteiger partial charge in [0.05, 0.1) is 5.25 Å². The minimum absolute atomic E-state index is 0.0877. The number of rotatable bonds is 9. The van der Waals surface area contributed by atoms with Gasteiger partial charge in [-0.3, -0.25) is 14.4 Å². The molecule has 9 heteroatoms. The van der Waals surface area contributed by atoms with Gasteiger partial charge in [0.2, 0.25) is 5.91 Å². The van der Waals surface area contributed by atoms with Crippen molar-refractivity contribution in [1.82, 2.24) is 15.3 Å². The molecular formula is C32H27N5O3S. The molecule has 3 aromatic carbocycles. The van der Waals surface area contributed by atoms with E-state index in [1.54, 1.807) is 86.1 Å². The number of thioether (sulfide) groups is 1. The fraction of sp³-hybridized carbons (Fsp3) is 0.0625. The molecule has 4 N–H and O–H groups in total. The highest BCUT2D eigenvalue weighted by atomic mass is 32.2. The van der Waals surface area contributed by atoms with E-state index in [1.807, 2.05) is 36.4 Å². The zero-order valence-corrected chi connectivity index (χ0v) is 22.9. The van der Waals surface area contributed by atoms with E-state index in [-0.39, 0.29) is 11.6 Å². The van der Waals surface area contributed by atoms with Crippen molar-refractivity contribution >= 4 is 58.0 Å². The van der Waals surface area contributed by atoms with Gasteiger partial charge in [0.25, 0.3) is 11.8 Å². The second kappa shape index (κ2) is 12.8. The van der Waals surface area contributed by atoms with E-state index in [0.29, 0.717) is 17.1 Å². The zero-order valence-electron chi connectivity index (χ0n) is 22.1. The number of para-hydroxylation sites is 1. The quantitative estimate of drug-likeness (QED) is 0.128. The van der Waals surface area contributed by atoms with Gasteiger partial charge >= 0.3 is 0 Å². The van der Waals surface area contributed by atoms with Gasteiger partial charge in [-0.05, 0) is 61.5 Å². The summed E-state index contributed by atoms with van der Waals surface area (Å²) in [5.74, 6) is -0.583. The summed E-state index contributed by atoms with van der Waals surface area (Å²) >= 11 is 1.35. The van der Waals surface area contributed by atoms with Gasteiger partial charge in [-0.1, -0.05) is 48.5 Å². The Balaban J connectivity index is 1.34. The van der Waals surface area contributed by atoms with Crippen molar-refractivity contribution in [2.75, 3.05) is 10.6 Å². The van der Waals surface area contributed by atoms with Crippen LogP contribution < -0.4 is 16.0 Å². The minimum atomic E-state index is -0.484. The van der Waals surface area contributed by atoms with Gasteiger partial charge in [0.15, 0.2) is 0 Å². The molecule has 0 spiro atoms. The lowest BCUT2D eigenvalue weighted by Gasteiger charge is -2.14. The zero-order chi connectivity index (χ0) is 28.6. The molecule has 0 aliphatic rings. The topological polar surface area (TPSA) is 116 Å². The highest BCUT2D eigenvalue weighted by molar-refractivity contribution is 8.00. The number of carbonyl (C=O) groups is 3. The molecule has 3 amide bonds. The Morgan fingerprint density at radius 1 is 0.878 bits per heavy atom. The van der Waals surface area contributed by atoms with Crippen LogP contribution in [0.5, 0.6) is 0 Å². The van der Waals surface area contributed by atoms with Gasteiger partial charge in [0.1, 0.15) is 11.5 Å². The summed E-state index contributed by atoms with van der Waals surface area (Å²) < 4.78 is 0. The monoisotopic (exact) mass is 561 g/mol.